The molecule has 8 nitrogen and oxygen atoms in total. The summed E-state index contributed by atoms with van der Waals surface area (Å²) in [7, 11) is -4.03. The number of hydrogen-bond donors (Lipinski definition) is 2. The Labute approximate surface area is 136 Å². The van der Waals surface area contributed by atoms with Crippen LogP contribution in [-0.2, 0) is 10.0 Å². The second-order valence-electron chi connectivity index (χ2n) is 4.41. The van der Waals surface area contributed by atoms with Gasteiger partial charge in [-0.25, -0.2) is 13.6 Å². The molecular formula is C13H11ClN4O4S. The van der Waals surface area contributed by atoms with Crippen LogP contribution in [0.3, 0.4) is 0 Å². The summed E-state index contributed by atoms with van der Waals surface area (Å²) in [5, 5.41) is 20.4. The fraction of sp³-hybridized carbons (Fsp3) is 0. The molecule has 0 radical (unpaired) electrons. The third-order valence-corrected chi connectivity index (χ3v) is 3.89. The number of nitrogens with one attached hydrogen (secondary N) is 1. The van der Waals surface area contributed by atoms with Crippen molar-refractivity contribution in [3.05, 3.63) is 63.2 Å². The van der Waals surface area contributed by atoms with E-state index in [1.807, 2.05) is 0 Å². The maximum Gasteiger partial charge on any atom is 0.295 e. The molecular weight excluding hydrogens is 344 g/mol. The molecule has 0 aliphatic carbocycles. The number of benzene rings is 2. The van der Waals surface area contributed by atoms with Crippen molar-refractivity contribution in [2.45, 2.75) is 4.90 Å². The zero-order valence-corrected chi connectivity index (χ0v) is 13.1. The SMILES string of the molecule is NS(=O)(=O)c1ccc(N/N=C\c2cccc(Cl)c2)c([N+](=O)[O-])c1. The summed E-state index contributed by atoms with van der Waals surface area (Å²) >= 11 is 5.83. The smallest absolute Gasteiger partial charge is 0.272 e. The molecule has 0 atom stereocenters. The molecule has 0 fully saturated rings. The van der Waals surface area contributed by atoms with E-state index in [0.717, 1.165) is 12.1 Å². The number of nitrogens with zero attached hydrogens (tertiary/aromatic N) is 2. The Morgan fingerprint density at radius 3 is 2.61 bits per heavy atom. The molecule has 0 spiro atoms. The predicted molar refractivity (Wildman–Crippen MR) is 87.1 cm³/mol. The number of sulfonamides is 1. The van der Waals surface area contributed by atoms with Crippen molar-refractivity contribution in [2.24, 2.45) is 10.2 Å². The topological polar surface area (TPSA) is 128 Å². The highest BCUT2D eigenvalue weighted by Crippen LogP contribution is 2.27. The first-order valence-corrected chi connectivity index (χ1v) is 8.06. The van der Waals surface area contributed by atoms with Gasteiger partial charge in [-0.1, -0.05) is 23.7 Å². The van der Waals surface area contributed by atoms with Crippen LogP contribution in [0.4, 0.5) is 11.4 Å². The highest BCUT2D eigenvalue weighted by Gasteiger charge is 2.18. The Balaban J connectivity index is 2.27. The molecule has 0 bridgehead atoms. The lowest BCUT2D eigenvalue weighted by Crippen LogP contribution is -2.12. The Hall–Kier alpha value is -2.49. The minimum Gasteiger partial charge on any atom is -0.272 e. The summed E-state index contributed by atoms with van der Waals surface area (Å²) in [5.74, 6) is 0. The summed E-state index contributed by atoms with van der Waals surface area (Å²) in [4.78, 5) is 9.96. The third kappa shape index (κ3) is 4.49. The van der Waals surface area contributed by atoms with Gasteiger partial charge < -0.3 is 0 Å². The largest absolute Gasteiger partial charge is 0.295 e. The van der Waals surface area contributed by atoms with E-state index in [2.05, 4.69) is 10.5 Å². The molecule has 0 heterocycles. The number of hydrazone groups is 1. The average Bonchev–Trinajstić information content (AvgIpc) is 2.46. The van der Waals surface area contributed by atoms with Crippen molar-refractivity contribution >= 4 is 39.2 Å². The summed E-state index contributed by atoms with van der Waals surface area (Å²) in [6.45, 7) is 0. The van der Waals surface area contributed by atoms with Crippen molar-refractivity contribution in [3.8, 4) is 0 Å². The number of nitro benzene ring substituents is 1. The lowest BCUT2D eigenvalue weighted by atomic mass is 10.2. The van der Waals surface area contributed by atoms with Crippen molar-refractivity contribution in [1.29, 1.82) is 0 Å². The Morgan fingerprint density at radius 2 is 2.00 bits per heavy atom. The molecule has 2 aromatic carbocycles. The van der Waals surface area contributed by atoms with Gasteiger partial charge in [0, 0.05) is 11.1 Å². The van der Waals surface area contributed by atoms with Crippen molar-refractivity contribution < 1.29 is 13.3 Å². The van der Waals surface area contributed by atoms with Crippen molar-refractivity contribution in [1.82, 2.24) is 0 Å². The summed E-state index contributed by atoms with van der Waals surface area (Å²) in [5.41, 5.74) is 2.75. The van der Waals surface area contributed by atoms with Crippen LogP contribution in [0.5, 0.6) is 0 Å². The van der Waals surface area contributed by atoms with Crippen molar-refractivity contribution in [3.63, 3.8) is 0 Å². The van der Waals surface area contributed by atoms with Gasteiger partial charge in [0.15, 0.2) is 0 Å². The average molecular weight is 355 g/mol. The van der Waals surface area contributed by atoms with Gasteiger partial charge >= 0.3 is 0 Å². The number of nitrogens with two attached hydrogens (primary N) is 1. The molecule has 0 aliphatic rings. The fourth-order valence-corrected chi connectivity index (χ4v) is 2.43. The number of hydrogen-bond acceptors (Lipinski definition) is 6. The number of primary sulfonamides is 1. The lowest BCUT2D eigenvalue weighted by molar-refractivity contribution is -0.384. The van der Waals surface area contributed by atoms with Crippen LogP contribution in [-0.4, -0.2) is 19.6 Å². The first kappa shape index (κ1) is 16.9. The highest BCUT2D eigenvalue weighted by atomic mass is 35.5. The van der Waals surface area contributed by atoms with Gasteiger partial charge in [-0.05, 0) is 29.8 Å². The lowest BCUT2D eigenvalue weighted by Gasteiger charge is -2.04. The van der Waals surface area contributed by atoms with Crippen molar-refractivity contribution in [2.75, 3.05) is 5.43 Å². The number of halogens is 1. The van der Waals surface area contributed by atoms with E-state index in [4.69, 9.17) is 16.7 Å². The summed E-state index contributed by atoms with van der Waals surface area (Å²) < 4.78 is 22.5. The van der Waals surface area contributed by atoms with Gasteiger partial charge in [0.25, 0.3) is 5.69 Å². The second kappa shape index (κ2) is 6.73. The van der Waals surface area contributed by atoms with Crippen LogP contribution >= 0.6 is 11.6 Å². The summed E-state index contributed by atoms with van der Waals surface area (Å²) in [6, 6.07) is 10.1. The van der Waals surface area contributed by atoms with Crippen LogP contribution < -0.4 is 10.6 Å². The normalized spacial score (nSPS) is 11.6. The van der Waals surface area contributed by atoms with E-state index in [9.17, 15) is 18.5 Å². The van der Waals surface area contributed by atoms with Gasteiger partial charge in [-0.2, -0.15) is 5.10 Å². The number of rotatable bonds is 5. The zero-order valence-electron chi connectivity index (χ0n) is 11.5. The predicted octanol–water partition coefficient (Wildman–Crippen LogP) is 2.34. The van der Waals surface area contributed by atoms with Gasteiger partial charge in [0.1, 0.15) is 5.69 Å². The van der Waals surface area contributed by atoms with Crippen LogP contribution in [0.25, 0.3) is 0 Å². The fourth-order valence-electron chi connectivity index (χ4n) is 1.70. The summed E-state index contributed by atoms with van der Waals surface area (Å²) in [6.07, 6.45) is 1.42. The Kier molecular flexibility index (Phi) is 4.94. The van der Waals surface area contributed by atoms with E-state index in [-0.39, 0.29) is 10.6 Å². The highest BCUT2D eigenvalue weighted by molar-refractivity contribution is 7.89. The van der Waals surface area contributed by atoms with E-state index in [1.165, 1.54) is 12.3 Å². The quantitative estimate of drug-likeness (QED) is 0.484. The van der Waals surface area contributed by atoms with E-state index in [1.54, 1.807) is 24.3 Å². The number of anilines is 1. The Morgan fingerprint density at radius 1 is 1.26 bits per heavy atom. The van der Waals surface area contributed by atoms with Gasteiger partial charge in [0.05, 0.1) is 16.0 Å². The zero-order chi connectivity index (χ0) is 17.0. The second-order valence-corrected chi connectivity index (χ2v) is 6.40. The molecule has 120 valence electrons. The molecule has 2 aromatic rings. The molecule has 10 heteroatoms. The van der Waals surface area contributed by atoms with Crippen LogP contribution in [0.15, 0.2) is 52.5 Å². The van der Waals surface area contributed by atoms with E-state index in [0.29, 0.717) is 10.6 Å². The maximum atomic E-state index is 11.2. The van der Waals surface area contributed by atoms with Crippen LogP contribution in [0.1, 0.15) is 5.56 Å². The van der Waals surface area contributed by atoms with E-state index >= 15 is 0 Å². The first-order valence-electron chi connectivity index (χ1n) is 6.13. The molecule has 3 N–H and O–H groups in total. The molecule has 23 heavy (non-hydrogen) atoms. The molecule has 0 aromatic heterocycles. The number of nitro groups is 1. The minimum absolute atomic E-state index is 0.0284. The first-order chi connectivity index (χ1) is 10.8. The van der Waals surface area contributed by atoms with Gasteiger partial charge in [-0.3, -0.25) is 15.5 Å². The standard InChI is InChI=1S/C13H11ClN4O4S/c14-10-3-1-2-9(6-10)8-16-17-12-5-4-11(23(15,21)22)7-13(12)18(19)20/h1-8,17H,(H2,15,21,22)/b16-8-. The molecule has 0 unspecified atom stereocenters. The maximum absolute atomic E-state index is 11.2. The van der Waals surface area contributed by atoms with Crippen LogP contribution in [0, 0.1) is 10.1 Å². The third-order valence-electron chi connectivity index (χ3n) is 2.74. The molecule has 0 saturated heterocycles. The van der Waals surface area contributed by atoms with E-state index < -0.39 is 20.6 Å². The van der Waals surface area contributed by atoms with Gasteiger partial charge in [0.2, 0.25) is 10.0 Å². The molecule has 0 aliphatic heterocycles. The monoisotopic (exact) mass is 354 g/mol. The minimum atomic E-state index is -4.03. The Bertz CT molecular complexity index is 883. The van der Waals surface area contributed by atoms with Crippen LogP contribution in [0.2, 0.25) is 5.02 Å². The molecule has 0 saturated carbocycles. The van der Waals surface area contributed by atoms with Gasteiger partial charge in [-0.15, -0.1) is 0 Å². The molecule has 0 amide bonds. The molecule has 2 rings (SSSR count).